The fourth-order valence-corrected chi connectivity index (χ4v) is 2.19. The number of thioether (sulfide) groups is 1. The molecule has 0 aliphatic rings. The summed E-state index contributed by atoms with van der Waals surface area (Å²) in [5, 5.41) is 0.795. The van der Waals surface area contributed by atoms with Gasteiger partial charge in [0.25, 0.3) is 0 Å². The molecule has 2 N–H and O–H groups in total. The van der Waals surface area contributed by atoms with E-state index in [9.17, 15) is 0 Å². The van der Waals surface area contributed by atoms with Gasteiger partial charge in [-0.2, -0.15) is 0 Å². The summed E-state index contributed by atoms with van der Waals surface area (Å²) in [6.07, 6.45) is 1.78. The van der Waals surface area contributed by atoms with Gasteiger partial charge in [-0.15, -0.1) is 0 Å². The highest BCUT2D eigenvalue weighted by molar-refractivity contribution is 7.98. The van der Waals surface area contributed by atoms with Crippen LogP contribution in [-0.2, 0) is 5.75 Å². The first-order valence-electron chi connectivity index (χ1n) is 5.01. The van der Waals surface area contributed by atoms with E-state index in [1.165, 1.54) is 0 Å². The van der Waals surface area contributed by atoms with Crippen molar-refractivity contribution in [3.63, 3.8) is 0 Å². The third kappa shape index (κ3) is 2.73. The first-order chi connectivity index (χ1) is 7.75. The molecule has 0 amide bonds. The highest BCUT2D eigenvalue weighted by atomic mass is 32.2. The van der Waals surface area contributed by atoms with Gasteiger partial charge in [0.05, 0.1) is 0 Å². The molecule has 0 saturated carbocycles. The number of hydrogen-bond donors (Lipinski definition) is 1. The van der Waals surface area contributed by atoms with Crippen molar-refractivity contribution in [2.45, 2.75) is 17.8 Å². The standard InChI is InChI=1S/C12H13N3S/c1-9-6-7-14-12(15-9)16-8-10-4-2-3-5-11(10)13/h2-7H,8,13H2,1H3. The Bertz CT molecular complexity index is 485. The quantitative estimate of drug-likeness (QED) is 0.501. The van der Waals surface area contributed by atoms with Gasteiger partial charge in [-0.3, -0.25) is 0 Å². The molecular weight excluding hydrogens is 218 g/mol. The first-order valence-corrected chi connectivity index (χ1v) is 6.00. The predicted molar refractivity (Wildman–Crippen MR) is 67.2 cm³/mol. The van der Waals surface area contributed by atoms with Crippen LogP contribution in [0.3, 0.4) is 0 Å². The number of aromatic nitrogens is 2. The zero-order valence-corrected chi connectivity index (χ0v) is 9.87. The minimum absolute atomic E-state index is 0.795. The van der Waals surface area contributed by atoms with E-state index in [-0.39, 0.29) is 0 Å². The average Bonchev–Trinajstić information content (AvgIpc) is 2.28. The molecule has 4 heteroatoms. The summed E-state index contributed by atoms with van der Waals surface area (Å²) < 4.78 is 0. The van der Waals surface area contributed by atoms with Gasteiger partial charge < -0.3 is 5.73 Å². The number of anilines is 1. The number of hydrogen-bond acceptors (Lipinski definition) is 4. The van der Waals surface area contributed by atoms with Crippen LogP contribution in [0.2, 0.25) is 0 Å². The van der Waals surface area contributed by atoms with Gasteiger partial charge in [-0.05, 0) is 24.6 Å². The van der Waals surface area contributed by atoms with Crippen LogP contribution in [0.15, 0.2) is 41.7 Å². The number of para-hydroxylation sites is 1. The number of rotatable bonds is 3. The molecule has 0 bridgehead atoms. The molecule has 0 aliphatic carbocycles. The van der Waals surface area contributed by atoms with Crippen LogP contribution in [0.4, 0.5) is 5.69 Å². The third-order valence-electron chi connectivity index (χ3n) is 2.18. The van der Waals surface area contributed by atoms with Crippen molar-refractivity contribution in [3.05, 3.63) is 47.8 Å². The smallest absolute Gasteiger partial charge is 0.188 e. The summed E-state index contributed by atoms with van der Waals surface area (Å²) in [6, 6.07) is 9.75. The maximum absolute atomic E-state index is 5.86. The van der Waals surface area contributed by atoms with Gasteiger partial charge in [0.1, 0.15) is 0 Å². The Morgan fingerprint density at radius 1 is 1.25 bits per heavy atom. The lowest BCUT2D eigenvalue weighted by molar-refractivity contribution is 0.932. The lowest BCUT2D eigenvalue weighted by Crippen LogP contribution is -1.93. The highest BCUT2D eigenvalue weighted by Gasteiger charge is 2.01. The van der Waals surface area contributed by atoms with E-state index in [1.54, 1.807) is 18.0 Å². The monoisotopic (exact) mass is 231 g/mol. The summed E-state index contributed by atoms with van der Waals surface area (Å²) >= 11 is 1.60. The average molecular weight is 231 g/mol. The zero-order valence-electron chi connectivity index (χ0n) is 9.05. The van der Waals surface area contributed by atoms with Crippen LogP contribution in [-0.4, -0.2) is 9.97 Å². The van der Waals surface area contributed by atoms with Crippen molar-refractivity contribution in [1.82, 2.24) is 9.97 Å². The van der Waals surface area contributed by atoms with Crippen molar-refractivity contribution in [1.29, 1.82) is 0 Å². The molecule has 0 atom stereocenters. The summed E-state index contributed by atoms with van der Waals surface area (Å²) in [6.45, 7) is 1.96. The number of nitrogen functional groups attached to an aromatic ring is 1. The lowest BCUT2D eigenvalue weighted by Gasteiger charge is -2.04. The molecule has 0 unspecified atom stereocenters. The number of aryl methyl sites for hydroxylation is 1. The molecule has 1 aromatic heterocycles. The zero-order chi connectivity index (χ0) is 11.4. The Kier molecular flexibility index (Phi) is 3.41. The molecule has 82 valence electrons. The summed E-state index contributed by atoms with van der Waals surface area (Å²) in [7, 11) is 0. The fourth-order valence-electron chi connectivity index (χ4n) is 1.30. The van der Waals surface area contributed by atoms with Crippen molar-refractivity contribution in [3.8, 4) is 0 Å². The largest absolute Gasteiger partial charge is 0.398 e. The molecule has 0 fully saturated rings. The highest BCUT2D eigenvalue weighted by Crippen LogP contribution is 2.22. The van der Waals surface area contributed by atoms with E-state index in [0.29, 0.717) is 0 Å². The van der Waals surface area contributed by atoms with E-state index in [4.69, 9.17) is 5.73 Å². The molecule has 0 saturated heterocycles. The van der Waals surface area contributed by atoms with Crippen molar-refractivity contribution < 1.29 is 0 Å². The van der Waals surface area contributed by atoms with Gasteiger partial charge in [0.2, 0.25) is 0 Å². The first kappa shape index (κ1) is 11.0. The molecule has 1 heterocycles. The van der Waals surface area contributed by atoms with Crippen LogP contribution >= 0.6 is 11.8 Å². The Hall–Kier alpha value is -1.55. The van der Waals surface area contributed by atoms with Crippen molar-refractivity contribution >= 4 is 17.4 Å². The molecule has 1 aromatic carbocycles. The minimum Gasteiger partial charge on any atom is -0.398 e. The van der Waals surface area contributed by atoms with Crippen molar-refractivity contribution in [2.75, 3.05) is 5.73 Å². The third-order valence-corrected chi connectivity index (χ3v) is 3.09. The molecule has 2 rings (SSSR count). The summed E-state index contributed by atoms with van der Waals surface area (Å²) in [4.78, 5) is 8.52. The molecule has 0 radical (unpaired) electrons. The summed E-state index contributed by atoms with van der Waals surface area (Å²) in [5.74, 6) is 0.802. The molecule has 2 aromatic rings. The lowest BCUT2D eigenvalue weighted by atomic mass is 10.2. The van der Waals surface area contributed by atoms with E-state index in [0.717, 1.165) is 27.9 Å². The van der Waals surface area contributed by atoms with E-state index in [1.807, 2.05) is 37.3 Å². The van der Waals surface area contributed by atoms with Crippen LogP contribution in [0.25, 0.3) is 0 Å². The predicted octanol–water partition coefficient (Wildman–Crippen LogP) is 2.66. The maximum atomic E-state index is 5.86. The normalized spacial score (nSPS) is 10.3. The molecule has 0 aliphatic heterocycles. The van der Waals surface area contributed by atoms with Crippen LogP contribution in [0.1, 0.15) is 11.3 Å². The van der Waals surface area contributed by atoms with Gasteiger partial charge in [0.15, 0.2) is 5.16 Å². The minimum atomic E-state index is 0.795. The van der Waals surface area contributed by atoms with Gasteiger partial charge >= 0.3 is 0 Å². The second-order valence-electron chi connectivity index (χ2n) is 3.47. The topological polar surface area (TPSA) is 51.8 Å². The van der Waals surface area contributed by atoms with Gasteiger partial charge in [0, 0.05) is 23.3 Å². The SMILES string of the molecule is Cc1ccnc(SCc2ccccc2N)n1. The van der Waals surface area contributed by atoms with Crippen LogP contribution in [0.5, 0.6) is 0 Å². The van der Waals surface area contributed by atoms with Crippen LogP contribution < -0.4 is 5.73 Å². The van der Waals surface area contributed by atoms with Crippen LogP contribution in [0, 0.1) is 6.92 Å². The maximum Gasteiger partial charge on any atom is 0.188 e. The second kappa shape index (κ2) is 4.99. The number of nitrogens with two attached hydrogens (primary N) is 1. The van der Waals surface area contributed by atoms with Crippen molar-refractivity contribution in [2.24, 2.45) is 0 Å². The number of benzene rings is 1. The Morgan fingerprint density at radius 3 is 2.81 bits per heavy atom. The van der Waals surface area contributed by atoms with E-state index in [2.05, 4.69) is 9.97 Å². The second-order valence-corrected chi connectivity index (χ2v) is 4.41. The summed E-state index contributed by atoms with van der Waals surface area (Å²) in [5.41, 5.74) is 8.79. The fraction of sp³-hybridized carbons (Fsp3) is 0.167. The van der Waals surface area contributed by atoms with E-state index < -0.39 is 0 Å². The Labute approximate surface area is 99.1 Å². The molecule has 16 heavy (non-hydrogen) atoms. The molecular formula is C12H13N3S. The number of nitrogens with zero attached hydrogens (tertiary/aromatic N) is 2. The van der Waals surface area contributed by atoms with Gasteiger partial charge in [-0.25, -0.2) is 9.97 Å². The Balaban J connectivity index is 2.05. The molecule has 0 spiro atoms. The Morgan fingerprint density at radius 2 is 2.06 bits per heavy atom. The molecule has 3 nitrogen and oxygen atoms in total. The van der Waals surface area contributed by atoms with E-state index >= 15 is 0 Å². The van der Waals surface area contributed by atoms with Gasteiger partial charge in [-0.1, -0.05) is 30.0 Å².